The van der Waals surface area contributed by atoms with Crippen LogP contribution >= 0.6 is 11.8 Å². The van der Waals surface area contributed by atoms with Crippen molar-refractivity contribution in [1.82, 2.24) is 9.80 Å². The average molecular weight is 504 g/mol. The van der Waals surface area contributed by atoms with E-state index in [1.807, 2.05) is 0 Å². The van der Waals surface area contributed by atoms with E-state index in [1.54, 1.807) is 22.9 Å². The van der Waals surface area contributed by atoms with E-state index in [0.29, 0.717) is 24.3 Å². The van der Waals surface area contributed by atoms with Crippen molar-refractivity contribution in [2.24, 2.45) is 4.99 Å². The van der Waals surface area contributed by atoms with Gasteiger partial charge in [0.15, 0.2) is 16.7 Å². The van der Waals surface area contributed by atoms with E-state index in [2.05, 4.69) is 4.99 Å². The highest BCUT2D eigenvalue weighted by Crippen LogP contribution is 2.39. The smallest absolute Gasteiger partial charge is 0.420 e. The fraction of sp³-hybridized carbons (Fsp3) is 0.217. The number of rotatable bonds is 3. The van der Waals surface area contributed by atoms with Crippen LogP contribution in [0, 0.1) is 17.1 Å². The summed E-state index contributed by atoms with van der Waals surface area (Å²) < 4.78 is 59.9. The normalized spacial score (nSPS) is 17.6. The molecule has 0 unspecified atom stereocenters. The van der Waals surface area contributed by atoms with Crippen LogP contribution in [0.2, 0.25) is 0 Å². The van der Waals surface area contributed by atoms with Crippen molar-refractivity contribution in [2.75, 3.05) is 26.7 Å². The quantitative estimate of drug-likeness (QED) is 0.459. The zero-order valence-corrected chi connectivity index (χ0v) is 18.9. The molecule has 2 aromatic carbocycles. The van der Waals surface area contributed by atoms with Gasteiger partial charge >= 0.3 is 6.18 Å². The number of hydrogen-bond acceptors (Lipinski definition) is 6. The molecule has 1 saturated heterocycles. The number of carbonyl (C=O) groups is 2. The number of hydrogen-bond donors (Lipinski definition) is 0. The van der Waals surface area contributed by atoms with Crippen molar-refractivity contribution in [3.05, 3.63) is 63.8 Å². The van der Waals surface area contributed by atoms with Gasteiger partial charge in [-0.3, -0.25) is 9.59 Å². The number of ether oxygens (including phenoxy) is 1. The molecule has 2 heterocycles. The molecular formula is C23H16F4N4O3S. The molecular weight excluding hydrogens is 488 g/mol. The molecule has 1 fully saturated rings. The molecule has 0 N–H and O–H groups in total. The lowest BCUT2D eigenvalue weighted by atomic mass is 10.1. The second kappa shape index (κ2) is 9.42. The molecule has 0 bridgehead atoms. The minimum atomic E-state index is -4.81. The van der Waals surface area contributed by atoms with Gasteiger partial charge in [-0.1, -0.05) is 6.07 Å². The molecule has 2 amide bonds. The molecule has 2 aromatic rings. The van der Waals surface area contributed by atoms with E-state index in [0.717, 1.165) is 36.0 Å². The van der Waals surface area contributed by atoms with E-state index in [1.165, 1.54) is 12.1 Å². The average Bonchev–Trinajstić information content (AvgIpc) is 3.17. The monoisotopic (exact) mass is 504 g/mol. The largest absolute Gasteiger partial charge is 0.454 e. The maximum Gasteiger partial charge on any atom is 0.420 e. The van der Waals surface area contributed by atoms with Crippen molar-refractivity contribution >= 4 is 34.8 Å². The maximum atomic E-state index is 14.7. The summed E-state index contributed by atoms with van der Waals surface area (Å²) in [4.78, 5) is 31.7. The Morgan fingerprint density at radius 1 is 1.14 bits per heavy atom. The minimum Gasteiger partial charge on any atom is -0.454 e. The topological polar surface area (TPSA) is 86.0 Å². The number of amidine groups is 1. The van der Waals surface area contributed by atoms with Crippen LogP contribution in [0.5, 0.6) is 11.5 Å². The zero-order valence-electron chi connectivity index (χ0n) is 18.1. The van der Waals surface area contributed by atoms with Crippen LogP contribution in [0.15, 0.2) is 46.3 Å². The predicted octanol–water partition coefficient (Wildman–Crippen LogP) is 4.25. The molecule has 7 nitrogen and oxygen atoms in total. The van der Waals surface area contributed by atoms with Gasteiger partial charge in [0, 0.05) is 20.1 Å². The number of thioether (sulfide) groups is 1. The van der Waals surface area contributed by atoms with E-state index >= 15 is 0 Å². The van der Waals surface area contributed by atoms with Gasteiger partial charge < -0.3 is 14.5 Å². The molecule has 35 heavy (non-hydrogen) atoms. The number of nitriles is 1. The maximum absolute atomic E-state index is 14.7. The molecule has 0 radical (unpaired) electrons. The number of halogens is 4. The summed E-state index contributed by atoms with van der Waals surface area (Å²) in [6, 6.07) is 7.87. The van der Waals surface area contributed by atoms with Crippen molar-refractivity contribution in [1.29, 1.82) is 5.26 Å². The SMILES string of the molecule is CN1CCN(C2=NC(=O)/C(=C/c3ccc(Oc4ccc(C#N)cc4C(F)(F)F)c(F)c3)S2)CC1=O. The van der Waals surface area contributed by atoms with Crippen LogP contribution in [0.3, 0.4) is 0 Å². The van der Waals surface area contributed by atoms with Crippen LogP contribution < -0.4 is 4.74 Å². The summed E-state index contributed by atoms with van der Waals surface area (Å²) in [7, 11) is 1.69. The molecule has 2 aliphatic heterocycles. The fourth-order valence-electron chi connectivity index (χ4n) is 3.32. The number of benzene rings is 2. The lowest BCUT2D eigenvalue weighted by Gasteiger charge is -2.32. The van der Waals surface area contributed by atoms with Gasteiger partial charge in [-0.15, -0.1) is 0 Å². The predicted molar refractivity (Wildman–Crippen MR) is 120 cm³/mol. The van der Waals surface area contributed by atoms with E-state index < -0.39 is 35.0 Å². The number of alkyl halides is 3. The van der Waals surface area contributed by atoms with Gasteiger partial charge in [0.1, 0.15) is 5.75 Å². The highest BCUT2D eigenvalue weighted by molar-refractivity contribution is 8.18. The van der Waals surface area contributed by atoms with Crippen molar-refractivity contribution < 1.29 is 31.9 Å². The summed E-state index contributed by atoms with van der Waals surface area (Å²) in [5.41, 5.74) is -1.15. The van der Waals surface area contributed by atoms with Crippen molar-refractivity contribution in [3.63, 3.8) is 0 Å². The molecule has 0 saturated carbocycles. The summed E-state index contributed by atoms with van der Waals surface area (Å²) in [6.07, 6.45) is -3.41. The summed E-state index contributed by atoms with van der Waals surface area (Å²) in [5, 5.41) is 9.23. The highest BCUT2D eigenvalue weighted by Gasteiger charge is 2.35. The Hall–Kier alpha value is -3.85. The Morgan fingerprint density at radius 2 is 1.89 bits per heavy atom. The van der Waals surface area contributed by atoms with Gasteiger partial charge in [0.2, 0.25) is 5.91 Å². The standard InChI is InChI=1S/C23H16F4N4O3S/c1-30-6-7-31(12-20(30)32)22-29-21(33)19(35-22)10-13-2-5-18(16(24)9-13)34-17-4-3-14(11-28)8-15(17)23(25,26)27/h2-5,8-10H,6-7,12H2,1H3/b19-10-. The van der Waals surface area contributed by atoms with E-state index in [9.17, 15) is 27.2 Å². The van der Waals surface area contributed by atoms with Crippen LogP contribution in [0.25, 0.3) is 6.08 Å². The fourth-order valence-corrected chi connectivity index (χ4v) is 4.26. The Bertz CT molecular complexity index is 1320. The van der Waals surface area contributed by atoms with E-state index in [4.69, 9.17) is 10.00 Å². The van der Waals surface area contributed by atoms with Crippen LogP contribution in [-0.2, 0) is 15.8 Å². The number of piperazine rings is 1. The van der Waals surface area contributed by atoms with E-state index in [-0.39, 0.29) is 28.5 Å². The third-order valence-electron chi connectivity index (χ3n) is 5.22. The molecule has 180 valence electrons. The third-order valence-corrected chi connectivity index (χ3v) is 6.27. The Labute approximate surface area is 201 Å². The lowest BCUT2D eigenvalue weighted by molar-refractivity contribution is -0.138. The highest BCUT2D eigenvalue weighted by atomic mass is 32.2. The number of aliphatic imine (C=N–C) groups is 1. The second-order valence-corrected chi connectivity index (χ2v) is 8.67. The number of carbonyl (C=O) groups excluding carboxylic acids is 2. The lowest BCUT2D eigenvalue weighted by Crippen LogP contribution is -2.49. The van der Waals surface area contributed by atoms with Gasteiger partial charge in [-0.05, 0) is 53.7 Å². The first-order chi connectivity index (χ1) is 16.5. The molecule has 0 atom stereocenters. The Morgan fingerprint density at radius 3 is 2.54 bits per heavy atom. The Balaban J connectivity index is 1.51. The molecule has 2 aliphatic rings. The van der Waals surface area contributed by atoms with Crippen LogP contribution in [0.4, 0.5) is 17.6 Å². The second-order valence-electron chi connectivity index (χ2n) is 7.66. The molecule has 0 aliphatic carbocycles. The van der Waals surface area contributed by atoms with Gasteiger partial charge in [0.25, 0.3) is 5.91 Å². The van der Waals surface area contributed by atoms with Crippen molar-refractivity contribution in [2.45, 2.75) is 6.18 Å². The molecule has 4 rings (SSSR count). The summed E-state index contributed by atoms with van der Waals surface area (Å²) in [6.45, 7) is 1.11. The summed E-state index contributed by atoms with van der Waals surface area (Å²) >= 11 is 1.06. The number of likely N-dealkylation sites (N-methyl/N-ethyl adjacent to an activating group) is 1. The number of amides is 2. The zero-order chi connectivity index (χ0) is 25.3. The van der Waals surface area contributed by atoms with Crippen LogP contribution in [0.1, 0.15) is 16.7 Å². The summed E-state index contributed by atoms with van der Waals surface area (Å²) in [5.74, 6) is -2.69. The molecule has 0 spiro atoms. The first-order valence-electron chi connectivity index (χ1n) is 10.2. The van der Waals surface area contributed by atoms with Gasteiger partial charge in [-0.2, -0.15) is 23.4 Å². The van der Waals surface area contributed by atoms with Gasteiger partial charge in [-0.25, -0.2) is 4.39 Å². The minimum absolute atomic E-state index is 0.0960. The van der Waals surface area contributed by atoms with Crippen molar-refractivity contribution in [3.8, 4) is 17.6 Å². The number of nitrogens with zero attached hydrogens (tertiary/aromatic N) is 4. The molecule has 0 aromatic heterocycles. The third kappa shape index (κ3) is 5.30. The van der Waals surface area contributed by atoms with Gasteiger partial charge in [0.05, 0.1) is 28.6 Å². The van der Waals surface area contributed by atoms with Crippen LogP contribution in [-0.4, -0.2) is 53.5 Å². The first-order valence-corrected chi connectivity index (χ1v) is 11.0. The molecule has 12 heteroatoms. The Kier molecular flexibility index (Phi) is 6.53. The first kappa shape index (κ1) is 24.3.